The average Bonchev–Trinajstić information content (AvgIpc) is 2.16. The van der Waals surface area contributed by atoms with Gasteiger partial charge in [0.1, 0.15) is 5.75 Å². The molecule has 0 heterocycles. The minimum absolute atomic E-state index is 0.204. The number of benzene rings is 2. The van der Waals surface area contributed by atoms with E-state index in [1.807, 2.05) is 0 Å². The van der Waals surface area contributed by atoms with Crippen LogP contribution in [0.1, 0.15) is 0 Å². The second-order valence-electron chi connectivity index (χ2n) is 3.16. The molecule has 0 aromatic heterocycles. The van der Waals surface area contributed by atoms with Crippen molar-refractivity contribution in [2.24, 2.45) is 0 Å². The maximum atomic E-state index is 9.21. The Hall–Kier alpha value is -1.52. The molecule has 0 saturated heterocycles. The van der Waals surface area contributed by atoms with E-state index in [1.54, 1.807) is 36.4 Å². The maximum Gasteiger partial charge on any atom is 0.488 e. The Labute approximate surface area is 81.4 Å². The molecule has 70 valence electrons. The van der Waals surface area contributed by atoms with Crippen LogP contribution in [0.4, 0.5) is 0 Å². The Kier molecular flexibility index (Phi) is 2.15. The molecule has 0 aliphatic heterocycles. The van der Waals surface area contributed by atoms with E-state index < -0.39 is 7.12 Å². The minimum atomic E-state index is -1.45. The van der Waals surface area contributed by atoms with E-state index in [1.165, 1.54) is 0 Å². The van der Waals surface area contributed by atoms with Crippen molar-refractivity contribution < 1.29 is 15.2 Å². The average molecular weight is 188 g/mol. The first kappa shape index (κ1) is 9.06. The van der Waals surface area contributed by atoms with Crippen molar-refractivity contribution in [2.75, 3.05) is 0 Å². The summed E-state index contributed by atoms with van der Waals surface area (Å²) in [7, 11) is -1.45. The van der Waals surface area contributed by atoms with Gasteiger partial charge in [-0.2, -0.15) is 0 Å². The van der Waals surface area contributed by atoms with Crippen LogP contribution >= 0.6 is 0 Å². The smallest absolute Gasteiger partial charge is 0.488 e. The van der Waals surface area contributed by atoms with Crippen LogP contribution in [-0.2, 0) is 0 Å². The Bertz CT molecular complexity index is 468. The lowest BCUT2D eigenvalue weighted by atomic mass is 9.79. The number of fused-ring (bicyclic) bond motifs is 1. The fraction of sp³-hybridized carbons (Fsp3) is 0. The highest BCUT2D eigenvalue weighted by molar-refractivity contribution is 6.58. The minimum Gasteiger partial charge on any atom is -0.508 e. The first-order valence-corrected chi connectivity index (χ1v) is 4.25. The van der Waals surface area contributed by atoms with Crippen molar-refractivity contribution in [2.45, 2.75) is 0 Å². The van der Waals surface area contributed by atoms with E-state index in [9.17, 15) is 5.11 Å². The highest BCUT2D eigenvalue weighted by Crippen LogP contribution is 2.18. The van der Waals surface area contributed by atoms with Crippen LogP contribution in [-0.4, -0.2) is 22.3 Å². The Morgan fingerprint density at radius 1 is 0.857 bits per heavy atom. The normalized spacial score (nSPS) is 10.4. The molecule has 0 bridgehead atoms. The summed E-state index contributed by atoms with van der Waals surface area (Å²) in [5.74, 6) is 0.204. The molecule has 0 amide bonds. The molecule has 2 aromatic rings. The fourth-order valence-electron chi connectivity index (χ4n) is 1.41. The van der Waals surface area contributed by atoms with Crippen molar-refractivity contribution >= 4 is 23.4 Å². The Morgan fingerprint density at radius 2 is 1.50 bits per heavy atom. The highest BCUT2D eigenvalue weighted by atomic mass is 16.4. The lowest BCUT2D eigenvalue weighted by Crippen LogP contribution is -2.29. The quantitative estimate of drug-likeness (QED) is 0.561. The monoisotopic (exact) mass is 188 g/mol. The highest BCUT2D eigenvalue weighted by Gasteiger charge is 2.10. The van der Waals surface area contributed by atoms with E-state index in [0.717, 1.165) is 10.8 Å². The summed E-state index contributed by atoms with van der Waals surface area (Å²) in [5, 5.41) is 28.8. The van der Waals surface area contributed by atoms with Gasteiger partial charge >= 0.3 is 7.12 Å². The number of phenolic OH excluding ortho intramolecular Hbond substituents is 1. The van der Waals surface area contributed by atoms with Crippen LogP contribution in [0.15, 0.2) is 36.4 Å². The van der Waals surface area contributed by atoms with Gasteiger partial charge in [-0.3, -0.25) is 0 Å². The van der Waals surface area contributed by atoms with Crippen LogP contribution in [0.3, 0.4) is 0 Å². The third-order valence-electron chi connectivity index (χ3n) is 2.15. The lowest BCUT2D eigenvalue weighted by molar-refractivity contribution is 0.426. The summed E-state index contributed by atoms with van der Waals surface area (Å²) < 4.78 is 0. The van der Waals surface area contributed by atoms with Crippen LogP contribution in [0, 0.1) is 0 Å². The summed E-state index contributed by atoms with van der Waals surface area (Å²) in [4.78, 5) is 0. The molecule has 0 aliphatic rings. The van der Waals surface area contributed by atoms with Crippen molar-refractivity contribution in [1.82, 2.24) is 0 Å². The van der Waals surface area contributed by atoms with E-state index in [2.05, 4.69) is 0 Å². The number of rotatable bonds is 1. The summed E-state index contributed by atoms with van der Waals surface area (Å²) in [6.07, 6.45) is 0. The van der Waals surface area contributed by atoms with E-state index >= 15 is 0 Å². The third kappa shape index (κ3) is 1.57. The van der Waals surface area contributed by atoms with Gasteiger partial charge in [0.15, 0.2) is 0 Å². The molecule has 4 heteroatoms. The first-order chi connectivity index (χ1) is 6.66. The van der Waals surface area contributed by atoms with Gasteiger partial charge in [-0.1, -0.05) is 24.3 Å². The van der Waals surface area contributed by atoms with Crippen LogP contribution in [0.2, 0.25) is 0 Å². The molecule has 2 aromatic carbocycles. The molecule has 14 heavy (non-hydrogen) atoms. The zero-order valence-electron chi connectivity index (χ0n) is 7.38. The number of hydrogen-bond acceptors (Lipinski definition) is 3. The number of aromatic hydroxyl groups is 1. The fourth-order valence-corrected chi connectivity index (χ4v) is 1.41. The molecule has 3 N–H and O–H groups in total. The van der Waals surface area contributed by atoms with E-state index in [4.69, 9.17) is 10.0 Å². The van der Waals surface area contributed by atoms with E-state index in [-0.39, 0.29) is 5.75 Å². The maximum absolute atomic E-state index is 9.21. The molecule has 0 unspecified atom stereocenters. The van der Waals surface area contributed by atoms with Crippen molar-refractivity contribution in [3.63, 3.8) is 0 Å². The zero-order chi connectivity index (χ0) is 10.1. The van der Waals surface area contributed by atoms with Gasteiger partial charge in [0.2, 0.25) is 0 Å². The molecule has 0 aliphatic carbocycles. The number of hydrogen-bond donors (Lipinski definition) is 3. The molecule has 0 saturated carbocycles. The third-order valence-corrected chi connectivity index (χ3v) is 2.15. The molecular formula is C10H9BO3. The Morgan fingerprint density at radius 3 is 2.21 bits per heavy atom. The van der Waals surface area contributed by atoms with Crippen LogP contribution in [0.25, 0.3) is 10.8 Å². The topological polar surface area (TPSA) is 60.7 Å². The van der Waals surface area contributed by atoms with Gasteiger partial charge in [-0.15, -0.1) is 0 Å². The molecular weight excluding hydrogens is 179 g/mol. The molecule has 0 fully saturated rings. The molecule has 0 spiro atoms. The molecule has 0 atom stereocenters. The van der Waals surface area contributed by atoms with Crippen molar-refractivity contribution in [3.8, 4) is 5.75 Å². The first-order valence-electron chi connectivity index (χ1n) is 4.25. The molecule has 0 radical (unpaired) electrons. The van der Waals surface area contributed by atoms with Crippen LogP contribution < -0.4 is 5.46 Å². The summed E-state index contributed by atoms with van der Waals surface area (Å²) in [6.45, 7) is 0. The summed E-state index contributed by atoms with van der Waals surface area (Å²) >= 11 is 0. The van der Waals surface area contributed by atoms with Gasteiger partial charge < -0.3 is 15.2 Å². The van der Waals surface area contributed by atoms with Crippen molar-refractivity contribution in [3.05, 3.63) is 36.4 Å². The van der Waals surface area contributed by atoms with Gasteiger partial charge in [0.05, 0.1) is 0 Å². The summed E-state index contributed by atoms with van der Waals surface area (Å²) in [5.41, 5.74) is 0.447. The second kappa shape index (κ2) is 3.33. The van der Waals surface area contributed by atoms with Crippen LogP contribution in [0.5, 0.6) is 5.75 Å². The molecule has 2 rings (SSSR count). The Balaban J connectivity index is 2.62. The predicted octanol–water partition coefficient (Wildman–Crippen LogP) is 0.225. The second-order valence-corrected chi connectivity index (χ2v) is 3.16. The number of phenols is 1. The van der Waals surface area contributed by atoms with Gasteiger partial charge in [-0.25, -0.2) is 0 Å². The lowest BCUT2D eigenvalue weighted by Gasteiger charge is -2.02. The molecule has 3 nitrogen and oxygen atoms in total. The van der Waals surface area contributed by atoms with Gasteiger partial charge in [0.25, 0.3) is 0 Å². The van der Waals surface area contributed by atoms with E-state index in [0.29, 0.717) is 5.46 Å². The van der Waals surface area contributed by atoms with Crippen molar-refractivity contribution in [1.29, 1.82) is 0 Å². The largest absolute Gasteiger partial charge is 0.508 e. The van der Waals surface area contributed by atoms with Gasteiger partial charge in [-0.05, 0) is 28.4 Å². The summed E-state index contributed by atoms with van der Waals surface area (Å²) in [6, 6.07) is 9.96. The predicted molar refractivity (Wildman–Crippen MR) is 55.4 cm³/mol. The SMILES string of the molecule is OB(O)c1ccc2cc(O)ccc2c1. The standard InChI is InChI=1S/C10H9BO3/c12-10-4-2-7-5-9(11(13)14)3-1-8(7)6-10/h1-6,12-14H. The van der Waals surface area contributed by atoms with Gasteiger partial charge in [0, 0.05) is 0 Å². The zero-order valence-corrected chi connectivity index (χ0v) is 7.38.